The number of hydrogen-bond donors (Lipinski definition) is 1. The van der Waals surface area contributed by atoms with Crippen LogP contribution in [0.4, 0.5) is 5.69 Å². The fourth-order valence-corrected chi connectivity index (χ4v) is 1.88. The molecular weight excluding hydrogens is 220 g/mol. The van der Waals surface area contributed by atoms with Crippen molar-refractivity contribution in [3.8, 4) is 0 Å². The molecule has 0 aliphatic carbocycles. The average Bonchev–Trinajstić information content (AvgIpc) is 2.68. The van der Waals surface area contributed by atoms with Crippen LogP contribution in [0.3, 0.4) is 0 Å². The molecule has 0 unspecified atom stereocenters. The van der Waals surface area contributed by atoms with Crippen molar-refractivity contribution in [2.75, 3.05) is 6.61 Å². The first-order valence-corrected chi connectivity index (χ1v) is 5.14. The third-order valence-electron chi connectivity index (χ3n) is 2.60. The Morgan fingerprint density at radius 3 is 2.94 bits per heavy atom. The maximum absolute atomic E-state index is 10.8. The van der Waals surface area contributed by atoms with E-state index < -0.39 is 4.92 Å². The number of aliphatic hydroxyl groups excluding tert-OH is 1. The highest BCUT2D eigenvalue weighted by Crippen LogP contribution is 2.26. The highest BCUT2D eigenvalue weighted by molar-refractivity contribution is 5.90. The Kier molecular flexibility index (Phi) is 2.93. The minimum absolute atomic E-state index is 0.0567. The van der Waals surface area contributed by atoms with Gasteiger partial charge in [0.1, 0.15) is 0 Å². The van der Waals surface area contributed by atoms with Gasteiger partial charge < -0.3 is 9.67 Å². The van der Waals surface area contributed by atoms with E-state index in [-0.39, 0.29) is 12.3 Å². The third-order valence-corrected chi connectivity index (χ3v) is 2.60. The summed E-state index contributed by atoms with van der Waals surface area (Å²) in [6.45, 7) is -0.0887. The lowest BCUT2D eigenvalue weighted by Crippen LogP contribution is -1.92. The lowest BCUT2D eigenvalue weighted by molar-refractivity contribution is -0.384. The number of aromatic nitrogens is 1. The number of hydrogen-bond acceptors (Lipinski definition) is 3. The van der Waals surface area contributed by atoms with Crippen molar-refractivity contribution in [1.29, 1.82) is 0 Å². The molecule has 0 fully saturated rings. The van der Waals surface area contributed by atoms with E-state index >= 15 is 0 Å². The summed E-state index contributed by atoms with van der Waals surface area (Å²) >= 11 is 0. The van der Waals surface area contributed by atoms with Crippen molar-refractivity contribution < 1.29 is 10.0 Å². The molecule has 0 saturated carbocycles. The van der Waals surface area contributed by atoms with Crippen LogP contribution in [-0.4, -0.2) is 21.2 Å². The molecule has 0 radical (unpaired) electrons. The second-order valence-electron chi connectivity index (χ2n) is 3.74. The van der Waals surface area contributed by atoms with Crippen molar-refractivity contribution in [2.45, 2.75) is 0 Å². The summed E-state index contributed by atoms with van der Waals surface area (Å²) in [5.74, 6) is 0. The van der Waals surface area contributed by atoms with Crippen LogP contribution in [0.1, 0.15) is 5.56 Å². The molecule has 17 heavy (non-hydrogen) atoms. The molecule has 1 N–H and O–H groups in total. The molecule has 0 aliphatic heterocycles. The van der Waals surface area contributed by atoms with Crippen LogP contribution >= 0.6 is 0 Å². The number of rotatable bonds is 3. The van der Waals surface area contributed by atoms with Crippen LogP contribution in [0.5, 0.6) is 0 Å². The molecule has 0 bridgehead atoms. The van der Waals surface area contributed by atoms with Crippen molar-refractivity contribution in [2.24, 2.45) is 7.05 Å². The van der Waals surface area contributed by atoms with Gasteiger partial charge in [-0.3, -0.25) is 10.1 Å². The minimum Gasteiger partial charge on any atom is -0.392 e. The van der Waals surface area contributed by atoms with Crippen LogP contribution in [0.25, 0.3) is 17.0 Å². The van der Waals surface area contributed by atoms with Gasteiger partial charge in [-0.15, -0.1) is 0 Å². The zero-order valence-corrected chi connectivity index (χ0v) is 9.33. The zero-order chi connectivity index (χ0) is 12.4. The quantitative estimate of drug-likeness (QED) is 0.650. The number of nitro benzene ring substituents is 1. The average molecular weight is 232 g/mol. The molecule has 0 atom stereocenters. The first-order valence-electron chi connectivity index (χ1n) is 5.14. The summed E-state index contributed by atoms with van der Waals surface area (Å²) < 4.78 is 1.90. The van der Waals surface area contributed by atoms with Gasteiger partial charge in [0.2, 0.25) is 0 Å². The highest BCUT2D eigenvalue weighted by atomic mass is 16.6. The van der Waals surface area contributed by atoms with Crippen molar-refractivity contribution in [1.82, 2.24) is 4.57 Å². The summed E-state index contributed by atoms with van der Waals surface area (Å²) in [5, 5.41) is 20.4. The van der Waals surface area contributed by atoms with Gasteiger partial charge in [-0.25, -0.2) is 0 Å². The van der Waals surface area contributed by atoms with Gasteiger partial charge in [0, 0.05) is 36.3 Å². The first-order chi connectivity index (χ1) is 8.13. The molecule has 5 heteroatoms. The molecule has 0 aliphatic rings. The topological polar surface area (TPSA) is 68.3 Å². The van der Waals surface area contributed by atoms with E-state index in [2.05, 4.69) is 0 Å². The number of nitro groups is 1. The summed E-state index contributed by atoms with van der Waals surface area (Å²) in [6.07, 6.45) is 5.10. The Morgan fingerprint density at radius 2 is 2.29 bits per heavy atom. The molecule has 0 saturated heterocycles. The van der Waals surface area contributed by atoms with Gasteiger partial charge in [0.25, 0.3) is 5.69 Å². The van der Waals surface area contributed by atoms with E-state index in [1.807, 2.05) is 23.9 Å². The number of non-ortho nitro benzene ring substituents is 1. The number of benzene rings is 1. The van der Waals surface area contributed by atoms with Gasteiger partial charge in [-0.2, -0.15) is 0 Å². The van der Waals surface area contributed by atoms with E-state index in [9.17, 15) is 10.1 Å². The third kappa shape index (κ3) is 2.05. The summed E-state index contributed by atoms with van der Waals surface area (Å²) in [6, 6.07) is 4.89. The predicted octanol–water partition coefficient (Wildman–Crippen LogP) is 2.09. The Hall–Kier alpha value is -2.14. The van der Waals surface area contributed by atoms with Crippen molar-refractivity contribution in [3.05, 3.63) is 46.1 Å². The molecule has 1 aromatic carbocycles. The van der Waals surface area contributed by atoms with E-state index in [0.717, 1.165) is 16.5 Å². The maximum atomic E-state index is 10.8. The maximum Gasteiger partial charge on any atom is 0.270 e. The standard InChI is InChI=1S/C12H12N2O3/c1-13-5-4-10-8-11(14(16)17)7-9(12(10)13)3-2-6-15/h2-5,7-8,15H,6H2,1H3/b3-2+. The molecule has 2 aromatic rings. The molecule has 1 heterocycles. The van der Waals surface area contributed by atoms with E-state index in [1.54, 1.807) is 18.2 Å². The summed E-state index contributed by atoms with van der Waals surface area (Å²) in [4.78, 5) is 10.4. The molecule has 1 aromatic heterocycles. The largest absolute Gasteiger partial charge is 0.392 e. The van der Waals surface area contributed by atoms with Gasteiger partial charge in [0.05, 0.1) is 17.0 Å². The van der Waals surface area contributed by atoms with Gasteiger partial charge in [0.15, 0.2) is 0 Å². The van der Waals surface area contributed by atoms with Gasteiger partial charge >= 0.3 is 0 Å². The molecule has 0 spiro atoms. The first kappa shape index (κ1) is 11.3. The smallest absolute Gasteiger partial charge is 0.270 e. The lowest BCUT2D eigenvalue weighted by atomic mass is 10.1. The zero-order valence-electron chi connectivity index (χ0n) is 9.33. The number of fused-ring (bicyclic) bond motifs is 1. The van der Waals surface area contributed by atoms with Gasteiger partial charge in [-0.05, 0) is 6.07 Å². The number of aliphatic hydroxyl groups is 1. The van der Waals surface area contributed by atoms with E-state index in [0.29, 0.717) is 0 Å². The van der Waals surface area contributed by atoms with E-state index in [1.165, 1.54) is 6.07 Å². The van der Waals surface area contributed by atoms with Crippen molar-refractivity contribution in [3.63, 3.8) is 0 Å². The highest BCUT2D eigenvalue weighted by Gasteiger charge is 2.11. The van der Waals surface area contributed by atoms with Gasteiger partial charge in [-0.1, -0.05) is 12.2 Å². The van der Waals surface area contributed by atoms with Crippen LogP contribution in [-0.2, 0) is 7.05 Å². The van der Waals surface area contributed by atoms with Crippen LogP contribution in [0.2, 0.25) is 0 Å². The fourth-order valence-electron chi connectivity index (χ4n) is 1.88. The Balaban J connectivity index is 2.71. The Labute approximate surface area is 97.7 Å². The van der Waals surface area contributed by atoms with E-state index in [4.69, 9.17) is 5.11 Å². The van der Waals surface area contributed by atoms with Crippen molar-refractivity contribution >= 4 is 22.7 Å². The lowest BCUT2D eigenvalue weighted by Gasteiger charge is -2.02. The summed E-state index contributed by atoms with van der Waals surface area (Å²) in [5.41, 5.74) is 1.71. The molecular formula is C12H12N2O3. The monoisotopic (exact) mass is 232 g/mol. The van der Waals surface area contributed by atoms with Crippen LogP contribution in [0.15, 0.2) is 30.5 Å². The normalized spacial score (nSPS) is 11.4. The Bertz CT molecular complexity index is 599. The van der Waals surface area contributed by atoms with Crippen LogP contribution in [0, 0.1) is 10.1 Å². The number of aryl methyl sites for hydroxylation is 1. The second-order valence-corrected chi connectivity index (χ2v) is 3.74. The molecule has 88 valence electrons. The molecule has 2 rings (SSSR count). The SMILES string of the molecule is Cn1ccc2cc([N+](=O)[O-])cc(/C=C/CO)c21. The summed E-state index contributed by atoms with van der Waals surface area (Å²) in [7, 11) is 1.88. The predicted molar refractivity (Wildman–Crippen MR) is 65.7 cm³/mol. The fraction of sp³-hybridized carbons (Fsp3) is 0.167. The molecule has 0 amide bonds. The number of nitrogens with zero attached hydrogens (tertiary/aromatic N) is 2. The Morgan fingerprint density at radius 1 is 1.53 bits per heavy atom. The molecule has 5 nitrogen and oxygen atoms in total. The minimum atomic E-state index is -0.414. The second kappa shape index (κ2) is 4.39. The van der Waals surface area contributed by atoms with Crippen LogP contribution < -0.4 is 0 Å².